The first kappa shape index (κ1) is 12.5. The van der Waals surface area contributed by atoms with Gasteiger partial charge in [0.15, 0.2) is 0 Å². The van der Waals surface area contributed by atoms with Crippen LogP contribution in [0.15, 0.2) is 29.8 Å². The lowest BCUT2D eigenvalue weighted by Gasteiger charge is -2.09. The largest absolute Gasteiger partial charge is 0.462 e. The summed E-state index contributed by atoms with van der Waals surface area (Å²) in [6.07, 6.45) is 0. The Morgan fingerprint density at radius 3 is 2.50 bits per heavy atom. The predicted octanol–water partition coefficient (Wildman–Crippen LogP) is 3.35. The maximum absolute atomic E-state index is 11.8. The molecule has 0 saturated carbocycles. The Kier molecular flexibility index (Phi) is 4.29. The fourth-order valence-corrected chi connectivity index (χ4v) is 1.61. The van der Waals surface area contributed by atoms with E-state index in [9.17, 15) is 4.79 Å². The molecule has 86 valence electrons. The standard InChI is InChI=1S/C14H18O2/c1-5-16-14(15)13(10(2)3)12-8-6-7-11(4)9-12/h6-9H,5H2,1-4H3. The number of aryl methyl sites for hydroxylation is 1. The lowest BCUT2D eigenvalue weighted by atomic mass is 10.00. The molecule has 0 unspecified atom stereocenters. The zero-order valence-electron chi connectivity index (χ0n) is 10.3. The first-order valence-corrected chi connectivity index (χ1v) is 5.48. The number of rotatable bonds is 3. The van der Waals surface area contributed by atoms with E-state index in [-0.39, 0.29) is 5.97 Å². The number of hydrogen-bond donors (Lipinski definition) is 0. The molecule has 0 aliphatic rings. The van der Waals surface area contributed by atoms with Crippen molar-refractivity contribution in [1.82, 2.24) is 0 Å². The summed E-state index contributed by atoms with van der Waals surface area (Å²) < 4.78 is 5.06. The maximum Gasteiger partial charge on any atom is 0.338 e. The van der Waals surface area contributed by atoms with Crippen LogP contribution in [-0.2, 0) is 9.53 Å². The van der Waals surface area contributed by atoms with Crippen molar-refractivity contribution in [3.05, 3.63) is 41.0 Å². The minimum absolute atomic E-state index is 0.242. The molecule has 0 N–H and O–H groups in total. The van der Waals surface area contributed by atoms with Crippen LogP contribution >= 0.6 is 0 Å². The van der Waals surface area contributed by atoms with E-state index < -0.39 is 0 Å². The van der Waals surface area contributed by atoms with Gasteiger partial charge in [0.1, 0.15) is 0 Å². The Hall–Kier alpha value is -1.57. The summed E-state index contributed by atoms with van der Waals surface area (Å²) in [7, 11) is 0. The van der Waals surface area contributed by atoms with E-state index in [0.717, 1.165) is 16.7 Å². The highest BCUT2D eigenvalue weighted by atomic mass is 16.5. The Morgan fingerprint density at radius 2 is 2.00 bits per heavy atom. The van der Waals surface area contributed by atoms with E-state index in [1.165, 1.54) is 0 Å². The highest BCUT2D eigenvalue weighted by molar-refractivity contribution is 6.17. The second kappa shape index (κ2) is 5.50. The molecule has 0 radical (unpaired) electrons. The van der Waals surface area contributed by atoms with Crippen molar-refractivity contribution >= 4 is 11.5 Å². The highest BCUT2D eigenvalue weighted by Gasteiger charge is 2.14. The zero-order chi connectivity index (χ0) is 12.1. The number of allylic oxidation sites excluding steroid dienone is 1. The van der Waals surface area contributed by atoms with Gasteiger partial charge in [-0.3, -0.25) is 0 Å². The summed E-state index contributed by atoms with van der Waals surface area (Å²) in [6.45, 7) is 8.08. The summed E-state index contributed by atoms with van der Waals surface area (Å²) in [5, 5.41) is 0. The van der Waals surface area contributed by atoms with Crippen molar-refractivity contribution in [3.8, 4) is 0 Å². The smallest absolute Gasteiger partial charge is 0.338 e. The van der Waals surface area contributed by atoms with Crippen molar-refractivity contribution in [3.63, 3.8) is 0 Å². The fraction of sp³-hybridized carbons (Fsp3) is 0.357. The molecule has 0 bridgehead atoms. The first-order valence-electron chi connectivity index (χ1n) is 5.48. The maximum atomic E-state index is 11.8. The molecule has 1 aromatic carbocycles. The molecule has 0 aliphatic heterocycles. The number of esters is 1. The third-order valence-electron chi connectivity index (χ3n) is 2.29. The average molecular weight is 218 g/mol. The Morgan fingerprint density at radius 1 is 1.31 bits per heavy atom. The molecule has 0 saturated heterocycles. The van der Waals surface area contributed by atoms with Gasteiger partial charge in [-0.15, -0.1) is 0 Å². The summed E-state index contributed by atoms with van der Waals surface area (Å²) in [5.74, 6) is -0.242. The zero-order valence-corrected chi connectivity index (χ0v) is 10.3. The van der Waals surface area contributed by atoms with Gasteiger partial charge in [-0.25, -0.2) is 4.79 Å². The lowest BCUT2D eigenvalue weighted by Crippen LogP contribution is -2.08. The summed E-state index contributed by atoms with van der Waals surface area (Å²) in [6, 6.07) is 7.90. The molecule has 2 nitrogen and oxygen atoms in total. The molecule has 0 aromatic heterocycles. The van der Waals surface area contributed by atoms with E-state index in [4.69, 9.17) is 4.74 Å². The third-order valence-corrected chi connectivity index (χ3v) is 2.29. The number of hydrogen-bond acceptors (Lipinski definition) is 2. The van der Waals surface area contributed by atoms with Gasteiger partial charge in [-0.1, -0.05) is 35.4 Å². The van der Waals surface area contributed by atoms with Gasteiger partial charge in [0.2, 0.25) is 0 Å². The molecule has 0 heterocycles. The van der Waals surface area contributed by atoms with Crippen molar-refractivity contribution in [2.24, 2.45) is 0 Å². The topological polar surface area (TPSA) is 26.3 Å². The Balaban J connectivity index is 3.15. The predicted molar refractivity (Wildman–Crippen MR) is 66.1 cm³/mol. The van der Waals surface area contributed by atoms with Gasteiger partial charge in [-0.05, 0) is 33.3 Å². The van der Waals surface area contributed by atoms with Gasteiger partial charge < -0.3 is 4.74 Å². The number of benzene rings is 1. The van der Waals surface area contributed by atoms with Crippen molar-refractivity contribution in [2.45, 2.75) is 27.7 Å². The van der Waals surface area contributed by atoms with E-state index in [0.29, 0.717) is 12.2 Å². The van der Waals surface area contributed by atoms with E-state index in [2.05, 4.69) is 0 Å². The van der Waals surface area contributed by atoms with Crippen LogP contribution in [0.4, 0.5) is 0 Å². The molecular formula is C14H18O2. The molecule has 0 spiro atoms. The van der Waals surface area contributed by atoms with Gasteiger partial charge >= 0.3 is 5.97 Å². The number of carbonyl (C=O) groups excluding carboxylic acids is 1. The monoisotopic (exact) mass is 218 g/mol. The number of carbonyl (C=O) groups is 1. The molecule has 1 rings (SSSR count). The molecule has 0 fully saturated rings. The van der Waals surface area contributed by atoms with Gasteiger partial charge in [-0.2, -0.15) is 0 Å². The van der Waals surface area contributed by atoms with E-state index >= 15 is 0 Å². The van der Waals surface area contributed by atoms with Gasteiger partial charge in [0.05, 0.1) is 12.2 Å². The van der Waals surface area contributed by atoms with Crippen LogP contribution in [0.1, 0.15) is 31.9 Å². The summed E-state index contributed by atoms with van der Waals surface area (Å²) in [4.78, 5) is 11.8. The van der Waals surface area contributed by atoms with Crippen LogP contribution in [0.3, 0.4) is 0 Å². The van der Waals surface area contributed by atoms with E-state index in [1.54, 1.807) is 0 Å². The SMILES string of the molecule is CCOC(=O)C(=C(C)C)c1cccc(C)c1. The minimum Gasteiger partial charge on any atom is -0.462 e. The van der Waals surface area contributed by atoms with Crippen LogP contribution in [0.25, 0.3) is 5.57 Å². The van der Waals surface area contributed by atoms with Crippen molar-refractivity contribution in [1.29, 1.82) is 0 Å². The molecule has 2 heteroatoms. The van der Waals surface area contributed by atoms with Gasteiger partial charge in [0.25, 0.3) is 0 Å². The average Bonchev–Trinajstić information content (AvgIpc) is 2.17. The van der Waals surface area contributed by atoms with Crippen LogP contribution in [0.5, 0.6) is 0 Å². The molecule has 0 aliphatic carbocycles. The fourth-order valence-electron chi connectivity index (χ4n) is 1.61. The first-order chi connectivity index (χ1) is 7.56. The molecule has 0 amide bonds. The van der Waals surface area contributed by atoms with E-state index in [1.807, 2.05) is 52.0 Å². The molecule has 1 aromatic rings. The summed E-state index contributed by atoms with van der Waals surface area (Å²) in [5.41, 5.74) is 3.72. The minimum atomic E-state index is -0.242. The second-order valence-corrected chi connectivity index (χ2v) is 3.96. The van der Waals surface area contributed by atoms with Crippen LogP contribution in [-0.4, -0.2) is 12.6 Å². The van der Waals surface area contributed by atoms with Crippen molar-refractivity contribution < 1.29 is 9.53 Å². The molecule has 0 atom stereocenters. The lowest BCUT2D eigenvalue weighted by molar-refractivity contribution is -0.136. The summed E-state index contributed by atoms with van der Waals surface area (Å²) >= 11 is 0. The third kappa shape index (κ3) is 2.96. The van der Waals surface area contributed by atoms with Crippen LogP contribution in [0, 0.1) is 6.92 Å². The van der Waals surface area contributed by atoms with Gasteiger partial charge in [0, 0.05) is 0 Å². The van der Waals surface area contributed by atoms with Crippen LogP contribution < -0.4 is 0 Å². The molecular weight excluding hydrogens is 200 g/mol. The highest BCUT2D eigenvalue weighted by Crippen LogP contribution is 2.21. The van der Waals surface area contributed by atoms with Crippen molar-refractivity contribution in [2.75, 3.05) is 6.61 Å². The van der Waals surface area contributed by atoms with Crippen LogP contribution in [0.2, 0.25) is 0 Å². The number of ether oxygens (including phenoxy) is 1. The second-order valence-electron chi connectivity index (χ2n) is 3.96. The Labute approximate surface area is 96.9 Å². The normalized spacial score (nSPS) is 9.75. The Bertz CT molecular complexity index is 412. The quantitative estimate of drug-likeness (QED) is 0.574. The molecule has 16 heavy (non-hydrogen) atoms.